The third kappa shape index (κ3) is 8.65. The van der Waals surface area contributed by atoms with E-state index >= 15 is 0 Å². The lowest BCUT2D eigenvalue weighted by atomic mass is 9.91. The van der Waals surface area contributed by atoms with Crippen LogP contribution in [0.25, 0.3) is 0 Å². The van der Waals surface area contributed by atoms with Crippen LogP contribution < -0.4 is 15.4 Å². The Morgan fingerprint density at radius 3 is 2.67 bits per heavy atom. The Morgan fingerprint density at radius 1 is 1.22 bits per heavy atom. The molecule has 0 radical (unpaired) electrons. The van der Waals surface area contributed by atoms with Gasteiger partial charge in [-0.25, -0.2) is 4.79 Å². The lowest BCUT2D eigenvalue weighted by Crippen LogP contribution is -2.54. The maximum atomic E-state index is 13.2. The van der Waals surface area contributed by atoms with Crippen LogP contribution in [-0.4, -0.2) is 71.7 Å². The monoisotopic (exact) mass is 535 g/mol. The number of benzene rings is 1. The number of carbonyl (C=O) groups is 3. The third-order valence-corrected chi connectivity index (χ3v) is 8.65. The van der Waals surface area contributed by atoms with E-state index in [0.717, 1.165) is 17.1 Å². The molecule has 1 aromatic rings. The summed E-state index contributed by atoms with van der Waals surface area (Å²) in [6, 6.07) is 6.12. The van der Waals surface area contributed by atoms with Gasteiger partial charge < -0.3 is 20.1 Å². The van der Waals surface area contributed by atoms with Gasteiger partial charge in [-0.1, -0.05) is 44.1 Å². The van der Waals surface area contributed by atoms with E-state index in [0.29, 0.717) is 29.8 Å². The number of rotatable bonds is 12. The van der Waals surface area contributed by atoms with Gasteiger partial charge in [-0.3, -0.25) is 14.5 Å². The first-order valence-electron chi connectivity index (χ1n) is 12.4. The molecule has 198 valence electrons. The Morgan fingerprint density at radius 2 is 1.97 bits per heavy atom. The van der Waals surface area contributed by atoms with E-state index in [4.69, 9.17) is 9.47 Å². The van der Waals surface area contributed by atoms with Crippen LogP contribution in [0, 0.1) is 5.92 Å². The summed E-state index contributed by atoms with van der Waals surface area (Å²) in [4.78, 5) is 40.1. The van der Waals surface area contributed by atoms with Gasteiger partial charge in [0.15, 0.2) is 0 Å². The number of hydrogen-bond donors (Lipinski definition) is 2. The van der Waals surface area contributed by atoms with Gasteiger partial charge in [0.25, 0.3) is 0 Å². The molecule has 0 spiro atoms. The smallest absolute Gasteiger partial charge is 0.411 e. The van der Waals surface area contributed by atoms with E-state index in [1.165, 1.54) is 54.8 Å². The van der Waals surface area contributed by atoms with Crippen molar-refractivity contribution in [3.05, 3.63) is 42.5 Å². The summed E-state index contributed by atoms with van der Waals surface area (Å²) in [5, 5.41) is 5.87. The second-order valence-corrected chi connectivity index (χ2v) is 11.1. The Bertz CT molecular complexity index is 877. The zero-order valence-corrected chi connectivity index (χ0v) is 22.5. The number of nitrogens with zero attached hydrogens (tertiary/aromatic N) is 1. The average molecular weight is 536 g/mol. The largest absolute Gasteiger partial charge is 0.497 e. The van der Waals surface area contributed by atoms with E-state index in [-0.39, 0.29) is 18.4 Å². The van der Waals surface area contributed by atoms with Crippen LogP contribution in [0.1, 0.15) is 37.7 Å². The van der Waals surface area contributed by atoms with Crippen LogP contribution in [-0.2, 0) is 20.9 Å². The zero-order chi connectivity index (χ0) is 25.8. The Hall–Kier alpha value is -2.33. The molecule has 3 rings (SSSR count). The van der Waals surface area contributed by atoms with Crippen molar-refractivity contribution in [1.82, 2.24) is 15.5 Å². The number of ether oxygens (including phenoxy) is 2. The molecule has 1 aliphatic carbocycles. The summed E-state index contributed by atoms with van der Waals surface area (Å²) in [5.41, 5.74) is 0.937. The van der Waals surface area contributed by atoms with E-state index < -0.39 is 18.2 Å². The predicted molar refractivity (Wildman–Crippen MR) is 145 cm³/mol. The lowest BCUT2D eigenvalue weighted by molar-refractivity contribution is -0.130. The molecule has 2 N–H and O–H groups in total. The van der Waals surface area contributed by atoms with E-state index in [1.54, 1.807) is 18.9 Å². The Balaban J connectivity index is 1.59. The average Bonchev–Trinajstić information content (AvgIpc) is 3.41. The summed E-state index contributed by atoms with van der Waals surface area (Å²) in [6.07, 6.45) is 7.24. The Labute approximate surface area is 222 Å². The van der Waals surface area contributed by atoms with E-state index in [2.05, 4.69) is 17.2 Å². The molecule has 1 saturated carbocycles. The fraction of sp³-hybridized carbons (Fsp3) is 0.577. The molecule has 0 bridgehead atoms. The number of methoxy groups -OCH3 is 1. The second kappa shape index (κ2) is 15.0. The zero-order valence-electron chi connectivity index (χ0n) is 20.9. The quantitative estimate of drug-likeness (QED) is 0.393. The number of thioether (sulfide) groups is 2. The van der Waals surface area contributed by atoms with Crippen molar-refractivity contribution in [2.45, 2.75) is 50.7 Å². The number of amides is 3. The van der Waals surface area contributed by atoms with Crippen LogP contribution in [0.3, 0.4) is 0 Å². The van der Waals surface area contributed by atoms with Crippen LogP contribution in [0.15, 0.2) is 36.9 Å². The summed E-state index contributed by atoms with van der Waals surface area (Å²) >= 11 is 3.20. The van der Waals surface area contributed by atoms with Gasteiger partial charge in [0.1, 0.15) is 24.4 Å². The fourth-order valence-electron chi connectivity index (χ4n) is 4.27. The lowest BCUT2D eigenvalue weighted by Gasteiger charge is -2.26. The van der Waals surface area contributed by atoms with E-state index in [9.17, 15) is 14.4 Å². The summed E-state index contributed by atoms with van der Waals surface area (Å²) in [7, 11) is 1.61. The highest BCUT2D eigenvalue weighted by molar-refractivity contribution is 7.99. The third-order valence-electron chi connectivity index (χ3n) is 6.37. The standard InChI is InChI=1S/C26H37N3O5S2/c1-3-13-34-26(32)29-18-36-17-23(29)25(31)28-22(16-35-15-20-7-5-4-6-8-20)24(30)27-14-19-9-11-21(33-2)12-10-19/h3,9-12,20,22-23H,1,4-8,13-18H2,2H3,(H,27,30)(H,28,31)/t22-,23-/m0/s1. The van der Waals surface area contributed by atoms with Gasteiger partial charge in [-0.15, -0.1) is 11.8 Å². The minimum Gasteiger partial charge on any atom is -0.497 e. The predicted octanol–water partition coefficient (Wildman–Crippen LogP) is 3.81. The molecule has 1 aliphatic heterocycles. The normalized spacial score (nSPS) is 18.8. The highest BCUT2D eigenvalue weighted by Crippen LogP contribution is 2.27. The molecule has 0 aromatic heterocycles. The highest BCUT2D eigenvalue weighted by atomic mass is 32.2. The van der Waals surface area contributed by atoms with Gasteiger partial charge in [0.05, 0.1) is 13.0 Å². The maximum Gasteiger partial charge on any atom is 0.411 e. The van der Waals surface area contributed by atoms with Gasteiger partial charge in [0.2, 0.25) is 11.8 Å². The molecule has 2 fully saturated rings. The molecule has 2 atom stereocenters. The second-order valence-electron chi connectivity index (χ2n) is 9.02. The van der Waals surface area contributed by atoms with Gasteiger partial charge in [0, 0.05) is 18.1 Å². The molecule has 1 aromatic carbocycles. The first-order chi connectivity index (χ1) is 17.5. The minimum absolute atomic E-state index is 0.0859. The molecule has 10 heteroatoms. The topological polar surface area (TPSA) is 97.0 Å². The number of carbonyl (C=O) groups excluding carboxylic acids is 3. The molecule has 0 unspecified atom stereocenters. The highest BCUT2D eigenvalue weighted by Gasteiger charge is 2.37. The first-order valence-corrected chi connectivity index (χ1v) is 14.7. The van der Waals surface area contributed by atoms with Crippen molar-refractivity contribution in [3.63, 3.8) is 0 Å². The van der Waals surface area contributed by atoms with Crippen molar-refractivity contribution in [2.24, 2.45) is 5.92 Å². The summed E-state index contributed by atoms with van der Waals surface area (Å²) in [5.74, 6) is 3.15. The molecule has 3 amide bonds. The number of nitrogens with one attached hydrogen (secondary N) is 2. The molecular formula is C26H37N3O5S2. The van der Waals surface area contributed by atoms with Gasteiger partial charge in [-0.05, 0) is 42.2 Å². The summed E-state index contributed by atoms with van der Waals surface area (Å²) in [6.45, 7) is 3.98. The van der Waals surface area contributed by atoms with Crippen LogP contribution >= 0.6 is 23.5 Å². The van der Waals surface area contributed by atoms with Crippen LogP contribution in [0.2, 0.25) is 0 Å². The minimum atomic E-state index is -0.694. The van der Waals surface area contributed by atoms with Gasteiger partial charge in [-0.2, -0.15) is 11.8 Å². The van der Waals surface area contributed by atoms with Gasteiger partial charge >= 0.3 is 6.09 Å². The molecule has 1 heterocycles. The SMILES string of the molecule is C=CCOC(=O)N1CSC[C@H]1C(=O)N[C@@H](CSCC1CCCCC1)C(=O)NCc1ccc(OC)cc1. The fourth-order valence-corrected chi connectivity index (χ4v) is 6.68. The Kier molecular flexibility index (Phi) is 11.8. The van der Waals surface area contributed by atoms with Crippen molar-refractivity contribution in [2.75, 3.05) is 36.9 Å². The first kappa shape index (κ1) is 28.2. The maximum absolute atomic E-state index is 13.2. The van der Waals surface area contributed by atoms with Crippen LogP contribution in [0.5, 0.6) is 5.75 Å². The molecule has 8 nitrogen and oxygen atoms in total. The van der Waals surface area contributed by atoms with Crippen molar-refractivity contribution in [3.8, 4) is 5.75 Å². The van der Waals surface area contributed by atoms with Crippen molar-refractivity contribution < 1.29 is 23.9 Å². The number of hydrogen-bond acceptors (Lipinski definition) is 7. The van der Waals surface area contributed by atoms with Crippen LogP contribution in [0.4, 0.5) is 4.79 Å². The molecule has 1 saturated heterocycles. The van der Waals surface area contributed by atoms with Crippen molar-refractivity contribution >= 4 is 41.4 Å². The van der Waals surface area contributed by atoms with E-state index in [1.807, 2.05) is 24.3 Å². The molecule has 2 aliphatic rings. The summed E-state index contributed by atoms with van der Waals surface area (Å²) < 4.78 is 10.3. The molecule has 36 heavy (non-hydrogen) atoms. The molecular weight excluding hydrogens is 498 g/mol. The van der Waals surface area contributed by atoms with Crippen molar-refractivity contribution in [1.29, 1.82) is 0 Å².